The lowest BCUT2D eigenvalue weighted by Gasteiger charge is -2.10. The van der Waals surface area contributed by atoms with E-state index in [1.807, 2.05) is 7.05 Å². The molecule has 0 saturated carbocycles. The van der Waals surface area contributed by atoms with Gasteiger partial charge in [-0.1, -0.05) is 0 Å². The summed E-state index contributed by atoms with van der Waals surface area (Å²) in [5.74, 6) is 5.44. The number of nitrogens with one attached hydrogen (secondary N) is 1. The SMILES string of the molecule is CNCCOCCOCCOCCOCCOCCN(C)N. The van der Waals surface area contributed by atoms with Crippen LogP contribution in [-0.2, 0) is 23.7 Å². The summed E-state index contributed by atoms with van der Waals surface area (Å²) >= 11 is 0. The predicted molar refractivity (Wildman–Crippen MR) is 84.8 cm³/mol. The Labute approximate surface area is 134 Å². The first-order valence-corrected chi connectivity index (χ1v) is 7.76. The molecule has 0 heterocycles. The maximum atomic E-state index is 5.44. The van der Waals surface area contributed by atoms with Crippen LogP contribution < -0.4 is 11.2 Å². The second-order valence-corrected chi connectivity index (χ2v) is 4.65. The van der Waals surface area contributed by atoms with Crippen molar-refractivity contribution in [3.63, 3.8) is 0 Å². The molecule has 134 valence electrons. The van der Waals surface area contributed by atoms with Gasteiger partial charge < -0.3 is 29.0 Å². The van der Waals surface area contributed by atoms with E-state index in [-0.39, 0.29) is 0 Å². The number of hydrogen-bond acceptors (Lipinski definition) is 8. The number of ether oxygens (including phenoxy) is 5. The van der Waals surface area contributed by atoms with Crippen molar-refractivity contribution in [2.75, 3.05) is 93.3 Å². The van der Waals surface area contributed by atoms with Gasteiger partial charge in [-0.15, -0.1) is 0 Å². The molecule has 3 N–H and O–H groups in total. The van der Waals surface area contributed by atoms with Gasteiger partial charge in [0.15, 0.2) is 0 Å². The van der Waals surface area contributed by atoms with Gasteiger partial charge in [-0.3, -0.25) is 5.84 Å². The van der Waals surface area contributed by atoms with Crippen LogP contribution in [0.2, 0.25) is 0 Å². The van der Waals surface area contributed by atoms with E-state index in [1.165, 1.54) is 0 Å². The third-order valence-corrected chi connectivity index (χ3v) is 2.57. The second-order valence-electron chi connectivity index (χ2n) is 4.65. The summed E-state index contributed by atoms with van der Waals surface area (Å²) < 4.78 is 26.7. The Hall–Kier alpha value is -0.320. The Balaban J connectivity index is 2.94. The molecule has 0 fully saturated rings. The zero-order valence-corrected chi connectivity index (χ0v) is 14.1. The van der Waals surface area contributed by atoms with E-state index in [1.54, 1.807) is 12.1 Å². The number of nitrogens with zero attached hydrogens (tertiary/aromatic N) is 1. The van der Waals surface area contributed by atoms with Crippen LogP contribution in [0.3, 0.4) is 0 Å². The minimum Gasteiger partial charge on any atom is -0.378 e. The quantitative estimate of drug-likeness (QED) is 0.191. The zero-order chi connectivity index (χ0) is 16.3. The number of rotatable bonds is 18. The van der Waals surface area contributed by atoms with Crippen molar-refractivity contribution in [2.45, 2.75) is 0 Å². The highest BCUT2D eigenvalue weighted by molar-refractivity contribution is 4.39. The Morgan fingerprint density at radius 3 is 1.41 bits per heavy atom. The third-order valence-electron chi connectivity index (χ3n) is 2.57. The molecule has 0 aliphatic heterocycles. The molecule has 0 aromatic carbocycles. The van der Waals surface area contributed by atoms with Crippen molar-refractivity contribution >= 4 is 0 Å². The van der Waals surface area contributed by atoms with Gasteiger partial charge >= 0.3 is 0 Å². The lowest BCUT2D eigenvalue weighted by Crippen LogP contribution is -2.30. The highest BCUT2D eigenvalue weighted by atomic mass is 16.6. The molecule has 0 spiro atoms. The van der Waals surface area contributed by atoms with E-state index in [4.69, 9.17) is 29.5 Å². The molecule has 0 unspecified atom stereocenters. The van der Waals surface area contributed by atoms with Crippen molar-refractivity contribution in [2.24, 2.45) is 5.84 Å². The van der Waals surface area contributed by atoms with E-state index in [2.05, 4.69) is 5.32 Å². The normalized spacial score (nSPS) is 11.5. The van der Waals surface area contributed by atoms with Gasteiger partial charge in [-0.05, 0) is 7.05 Å². The fraction of sp³-hybridized carbons (Fsp3) is 1.00. The Morgan fingerprint density at radius 2 is 1.05 bits per heavy atom. The van der Waals surface area contributed by atoms with Crippen LogP contribution in [0.1, 0.15) is 0 Å². The Bertz CT molecular complexity index is 211. The maximum absolute atomic E-state index is 5.44. The molecular weight excluding hydrogens is 290 g/mol. The van der Waals surface area contributed by atoms with Gasteiger partial charge in [0.1, 0.15) is 0 Å². The average Bonchev–Trinajstić information content (AvgIpc) is 2.50. The first-order chi connectivity index (χ1) is 10.8. The number of hydrazine groups is 1. The Morgan fingerprint density at radius 1 is 0.682 bits per heavy atom. The van der Waals surface area contributed by atoms with E-state index in [9.17, 15) is 0 Å². The summed E-state index contributed by atoms with van der Waals surface area (Å²) in [7, 11) is 3.70. The monoisotopic (exact) mass is 323 g/mol. The molecule has 0 saturated heterocycles. The fourth-order valence-corrected chi connectivity index (χ4v) is 1.36. The molecule has 0 aliphatic carbocycles. The van der Waals surface area contributed by atoms with E-state index >= 15 is 0 Å². The lowest BCUT2D eigenvalue weighted by atomic mass is 10.6. The van der Waals surface area contributed by atoms with Crippen LogP contribution in [0.15, 0.2) is 0 Å². The molecule has 8 heteroatoms. The number of hydrogen-bond donors (Lipinski definition) is 2. The van der Waals surface area contributed by atoms with Crippen molar-refractivity contribution in [1.82, 2.24) is 10.3 Å². The highest BCUT2D eigenvalue weighted by Gasteiger charge is 1.94. The van der Waals surface area contributed by atoms with Crippen LogP contribution in [0.25, 0.3) is 0 Å². The predicted octanol–water partition coefficient (Wildman–Crippen LogP) is -0.906. The first-order valence-electron chi connectivity index (χ1n) is 7.76. The molecule has 0 atom stereocenters. The van der Waals surface area contributed by atoms with Crippen LogP contribution in [0.4, 0.5) is 0 Å². The molecule has 0 radical (unpaired) electrons. The standard InChI is InChI=1S/C14H33N3O5/c1-16-3-5-18-7-9-20-11-13-22-14-12-21-10-8-19-6-4-17(2)15/h16H,3-15H2,1-2H3. The van der Waals surface area contributed by atoms with Crippen LogP contribution in [0.5, 0.6) is 0 Å². The largest absolute Gasteiger partial charge is 0.378 e. The molecule has 0 rings (SSSR count). The topological polar surface area (TPSA) is 87.4 Å². The summed E-state index contributed by atoms with van der Waals surface area (Å²) in [6, 6.07) is 0. The van der Waals surface area contributed by atoms with Gasteiger partial charge in [0.05, 0.1) is 66.1 Å². The summed E-state index contributed by atoms with van der Waals surface area (Å²) in [6.07, 6.45) is 0. The minimum atomic E-state index is 0.563. The molecule has 0 aliphatic rings. The van der Waals surface area contributed by atoms with Crippen LogP contribution in [-0.4, -0.2) is 98.3 Å². The summed E-state index contributed by atoms with van der Waals surface area (Å²) in [4.78, 5) is 0. The molecule has 0 aromatic rings. The van der Waals surface area contributed by atoms with Crippen molar-refractivity contribution in [3.05, 3.63) is 0 Å². The van der Waals surface area contributed by atoms with Crippen LogP contribution >= 0.6 is 0 Å². The Kier molecular flexibility index (Phi) is 18.5. The molecule has 0 aromatic heterocycles. The van der Waals surface area contributed by atoms with Crippen molar-refractivity contribution in [1.29, 1.82) is 0 Å². The number of likely N-dealkylation sites (N-methyl/N-ethyl adjacent to an activating group) is 2. The minimum absolute atomic E-state index is 0.563. The first kappa shape index (κ1) is 21.7. The fourth-order valence-electron chi connectivity index (χ4n) is 1.36. The summed E-state index contributed by atoms with van der Waals surface area (Å²) in [5.41, 5.74) is 0. The highest BCUT2D eigenvalue weighted by Crippen LogP contribution is 1.84. The van der Waals surface area contributed by atoms with Crippen molar-refractivity contribution in [3.8, 4) is 0 Å². The molecule has 8 nitrogen and oxygen atoms in total. The third kappa shape index (κ3) is 19.7. The smallest absolute Gasteiger partial charge is 0.0701 e. The van der Waals surface area contributed by atoms with E-state index in [0.717, 1.165) is 6.54 Å². The van der Waals surface area contributed by atoms with Gasteiger partial charge in [-0.2, -0.15) is 0 Å². The van der Waals surface area contributed by atoms with Gasteiger partial charge in [0, 0.05) is 20.1 Å². The summed E-state index contributed by atoms with van der Waals surface area (Å²) in [5, 5.41) is 4.60. The average molecular weight is 323 g/mol. The lowest BCUT2D eigenvalue weighted by molar-refractivity contribution is -0.0116. The van der Waals surface area contributed by atoms with E-state index < -0.39 is 0 Å². The molecule has 0 amide bonds. The van der Waals surface area contributed by atoms with Gasteiger partial charge in [-0.25, -0.2) is 5.01 Å². The molecule has 22 heavy (non-hydrogen) atoms. The zero-order valence-electron chi connectivity index (χ0n) is 14.1. The maximum Gasteiger partial charge on any atom is 0.0701 e. The second kappa shape index (κ2) is 18.7. The van der Waals surface area contributed by atoms with Crippen molar-refractivity contribution < 1.29 is 23.7 Å². The van der Waals surface area contributed by atoms with Gasteiger partial charge in [0.25, 0.3) is 0 Å². The van der Waals surface area contributed by atoms with Crippen LogP contribution in [0, 0.1) is 0 Å². The molecular formula is C14H33N3O5. The van der Waals surface area contributed by atoms with Gasteiger partial charge in [0.2, 0.25) is 0 Å². The summed E-state index contributed by atoms with van der Waals surface area (Å²) in [6.45, 7) is 7.52. The number of nitrogens with two attached hydrogens (primary N) is 1. The van der Waals surface area contributed by atoms with E-state index in [0.29, 0.717) is 72.6 Å². The molecule has 0 bridgehead atoms.